The molecule has 4 nitrogen and oxygen atoms in total. The molecule has 5 heteroatoms. The summed E-state index contributed by atoms with van der Waals surface area (Å²) in [6.45, 7) is 6.57. The van der Waals surface area contributed by atoms with Crippen LogP contribution in [0.15, 0.2) is 23.2 Å². The first-order chi connectivity index (χ1) is 10.2. The average molecular weight is 306 g/mol. The Morgan fingerprint density at radius 3 is 2.86 bits per heavy atom. The van der Waals surface area contributed by atoms with Crippen LogP contribution in [0.25, 0.3) is 0 Å². The Kier molecular flexibility index (Phi) is 4.58. The predicted molar refractivity (Wildman–Crippen MR) is 87.7 cm³/mol. The number of rotatable bonds is 4. The first-order valence-electron chi connectivity index (χ1n) is 7.54. The van der Waals surface area contributed by atoms with Gasteiger partial charge in [0.2, 0.25) is 0 Å². The van der Waals surface area contributed by atoms with Gasteiger partial charge >= 0.3 is 0 Å². The summed E-state index contributed by atoms with van der Waals surface area (Å²) in [5.41, 5.74) is 1.24. The van der Waals surface area contributed by atoms with Crippen LogP contribution in [0.3, 0.4) is 0 Å². The molecule has 1 aromatic carbocycles. The number of nitrogens with one attached hydrogen (secondary N) is 1. The van der Waals surface area contributed by atoms with Crippen molar-refractivity contribution >= 4 is 16.9 Å². The third-order valence-electron chi connectivity index (χ3n) is 3.78. The quantitative estimate of drug-likeness (QED) is 0.929. The Bertz CT molecular complexity index is 531. The standard InChI is InChI=1S/C16H22N2O2S/c1-11(2)13-10-21-16(18-13)17-6-5-12-3-4-14-15(9-12)20-8-7-19-14/h3-4,9,11,13H,5-8,10H2,1-2H3,(H,17,18)/t13-/m1/s1. The van der Waals surface area contributed by atoms with Crippen LogP contribution in [0.4, 0.5) is 0 Å². The maximum Gasteiger partial charge on any atom is 0.161 e. The number of hydrogen-bond donors (Lipinski definition) is 1. The smallest absolute Gasteiger partial charge is 0.161 e. The number of benzene rings is 1. The van der Waals surface area contributed by atoms with E-state index in [0.717, 1.165) is 35.4 Å². The second-order valence-corrected chi connectivity index (χ2v) is 6.73. The molecule has 0 bridgehead atoms. The average Bonchev–Trinajstić information content (AvgIpc) is 2.96. The molecule has 2 aliphatic rings. The van der Waals surface area contributed by atoms with Gasteiger partial charge in [-0.15, -0.1) is 0 Å². The lowest BCUT2D eigenvalue weighted by Crippen LogP contribution is -2.31. The molecule has 0 aromatic heterocycles. The lowest BCUT2D eigenvalue weighted by molar-refractivity contribution is 0.171. The number of aliphatic imine (C=N–C) groups is 1. The minimum Gasteiger partial charge on any atom is -0.486 e. The summed E-state index contributed by atoms with van der Waals surface area (Å²) in [5.74, 6) is 3.49. The fraction of sp³-hybridized carbons (Fsp3) is 0.562. The topological polar surface area (TPSA) is 42.9 Å². The highest BCUT2D eigenvalue weighted by Gasteiger charge is 2.22. The Morgan fingerprint density at radius 1 is 1.29 bits per heavy atom. The fourth-order valence-corrected chi connectivity index (χ4v) is 3.61. The van der Waals surface area contributed by atoms with Gasteiger partial charge in [0, 0.05) is 18.3 Å². The molecule has 1 saturated heterocycles. The van der Waals surface area contributed by atoms with Gasteiger partial charge in [0.25, 0.3) is 0 Å². The number of nitrogens with zero attached hydrogens (tertiary/aromatic N) is 1. The van der Waals surface area contributed by atoms with E-state index in [1.165, 1.54) is 5.56 Å². The summed E-state index contributed by atoms with van der Waals surface area (Å²) < 4.78 is 11.1. The Labute approximate surface area is 130 Å². The number of thioether (sulfide) groups is 1. The molecule has 2 aliphatic heterocycles. The van der Waals surface area contributed by atoms with Gasteiger partial charge in [-0.3, -0.25) is 4.99 Å². The summed E-state index contributed by atoms with van der Waals surface area (Å²) in [6, 6.07) is 6.72. The number of amidine groups is 1. The maximum absolute atomic E-state index is 5.61. The fourth-order valence-electron chi connectivity index (χ4n) is 2.39. The predicted octanol–water partition coefficient (Wildman–Crippen LogP) is 2.72. The molecule has 3 rings (SSSR count). The first-order valence-corrected chi connectivity index (χ1v) is 8.53. The van der Waals surface area contributed by atoms with Crippen LogP contribution in [0, 0.1) is 5.92 Å². The van der Waals surface area contributed by atoms with E-state index in [0.29, 0.717) is 25.2 Å². The van der Waals surface area contributed by atoms with E-state index in [2.05, 4.69) is 36.3 Å². The molecule has 0 amide bonds. The molecule has 0 radical (unpaired) electrons. The van der Waals surface area contributed by atoms with Crippen molar-refractivity contribution in [1.29, 1.82) is 0 Å². The molecule has 1 fully saturated rings. The van der Waals surface area contributed by atoms with Gasteiger partial charge in [-0.05, 0) is 30.0 Å². The van der Waals surface area contributed by atoms with Crippen LogP contribution >= 0.6 is 11.8 Å². The van der Waals surface area contributed by atoms with E-state index in [1.54, 1.807) is 0 Å². The zero-order valence-electron chi connectivity index (χ0n) is 12.6. The number of ether oxygens (including phenoxy) is 2. The first kappa shape index (κ1) is 14.6. The molecule has 0 aliphatic carbocycles. The number of fused-ring (bicyclic) bond motifs is 1. The van der Waals surface area contributed by atoms with E-state index in [1.807, 2.05) is 17.8 Å². The number of hydrogen-bond acceptors (Lipinski definition) is 4. The summed E-state index contributed by atoms with van der Waals surface area (Å²) in [7, 11) is 0. The van der Waals surface area contributed by atoms with Gasteiger partial charge in [0.05, 0.1) is 0 Å². The molecule has 1 N–H and O–H groups in total. The highest BCUT2D eigenvalue weighted by atomic mass is 32.2. The van der Waals surface area contributed by atoms with E-state index in [9.17, 15) is 0 Å². The van der Waals surface area contributed by atoms with Crippen LogP contribution < -0.4 is 14.8 Å². The van der Waals surface area contributed by atoms with Crippen LogP contribution in [-0.2, 0) is 6.42 Å². The molecule has 0 unspecified atom stereocenters. The van der Waals surface area contributed by atoms with E-state index < -0.39 is 0 Å². The Morgan fingerprint density at radius 2 is 2.10 bits per heavy atom. The van der Waals surface area contributed by atoms with Crippen molar-refractivity contribution in [1.82, 2.24) is 5.32 Å². The van der Waals surface area contributed by atoms with Gasteiger partial charge in [0.15, 0.2) is 16.7 Å². The van der Waals surface area contributed by atoms with Crippen molar-refractivity contribution in [2.24, 2.45) is 10.9 Å². The normalized spacial score (nSPS) is 22.6. The largest absolute Gasteiger partial charge is 0.486 e. The molecule has 0 saturated carbocycles. The van der Waals surface area contributed by atoms with E-state index in [4.69, 9.17) is 9.47 Å². The van der Waals surface area contributed by atoms with Gasteiger partial charge < -0.3 is 14.8 Å². The highest BCUT2D eigenvalue weighted by Crippen LogP contribution is 2.30. The molecule has 1 atom stereocenters. The minimum atomic E-state index is 0.558. The molecule has 0 spiro atoms. The molecule has 1 aromatic rings. The Balaban J connectivity index is 1.54. The van der Waals surface area contributed by atoms with Crippen molar-refractivity contribution in [2.75, 3.05) is 25.5 Å². The van der Waals surface area contributed by atoms with Gasteiger partial charge in [-0.2, -0.15) is 0 Å². The van der Waals surface area contributed by atoms with Crippen LogP contribution in [0.1, 0.15) is 19.4 Å². The third-order valence-corrected chi connectivity index (χ3v) is 4.82. The maximum atomic E-state index is 5.61. The van der Waals surface area contributed by atoms with Gasteiger partial charge in [0.1, 0.15) is 13.2 Å². The summed E-state index contributed by atoms with van der Waals surface area (Å²) in [4.78, 5) is 4.66. The minimum absolute atomic E-state index is 0.558. The zero-order chi connectivity index (χ0) is 14.7. The Hall–Kier alpha value is -1.36. The van der Waals surface area contributed by atoms with Gasteiger partial charge in [-0.1, -0.05) is 31.7 Å². The molecular formula is C16H22N2O2S. The third kappa shape index (κ3) is 3.64. The summed E-state index contributed by atoms with van der Waals surface area (Å²) >= 11 is 1.83. The van der Waals surface area contributed by atoms with Crippen molar-refractivity contribution < 1.29 is 9.47 Å². The molecule has 114 valence electrons. The highest BCUT2D eigenvalue weighted by molar-refractivity contribution is 8.14. The second kappa shape index (κ2) is 6.60. The lowest BCUT2D eigenvalue weighted by atomic mass is 10.1. The SMILES string of the molecule is CC(C)[C@H]1CSC(=NCCc2ccc3c(c2)OCCO3)N1. The van der Waals surface area contributed by atoms with Crippen molar-refractivity contribution in [2.45, 2.75) is 26.3 Å². The van der Waals surface area contributed by atoms with Crippen molar-refractivity contribution in [3.63, 3.8) is 0 Å². The molecular weight excluding hydrogens is 284 g/mol. The summed E-state index contributed by atoms with van der Waals surface area (Å²) in [6.07, 6.45) is 0.925. The van der Waals surface area contributed by atoms with Crippen LogP contribution in [0.5, 0.6) is 11.5 Å². The molecule has 21 heavy (non-hydrogen) atoms. The zero-order valence-corrected chi connectivity index (χ0v) is 13.4. The monoisotopic (exact) mass is 306 g/mol. The van der Waals surface area contributed by atoms with Gasteiger partial charge in [-0.25, -0.2) is 0 Å². The van der Waals surface area contributed by atoms with Crippen molar-refractivity contribution in [3.8, 4) is 11.5 Å². The second-order valence-electron chi connectivity index (χ2n) is 5.72. The lowest BCUT2D eigenvalue weighted by Gasteiger charge is -2.18. The van der Waals surface area contributed by atoms with Crippen LogP contribution in [-0.4, -0.2) is 36.7 Å². The van der Waals surface area contributed by atoms with Crippen molar-refractivity contribution in [3.05, 3.63) is 23.8 Å². The van der Waals surface area contributed by atoms with E-state index in [-0.39, 0.29) is 0 Å². The molecule has 2 heterocycles. The van der Waals surface area contributed by atoms with E-state index >= 15 is 0 Å². The van der Waals surface area contributed by atoms with Crippen LogP contribution in [0.2, 0.25) is 0 Å². The summed E-state index contributed by atoms with van der Waals surface area (Å²) in [5, 5.41) is 4.58.